The lowest BCUT2D eigenvalue weighted by molar-refractivity contribution is -0.127. The van der Waals surface area contributed by atoms with E-state index in [0.717, 1.165) is 48.0 Å². The molecule has 0 radical (unpaired) electrons. The fourth-order valence-corrected chi connectivity index (χ4v) is 5.65. The summed E-state index contributed by atoms with van der Waals surface area (Å²) in [6.45, 7) is 1.95. The topological polar surface area (TPSA) is 126 Å². The van der Waals surface area contributed by atoms with Crippen LogP contribution in [-0.2, 0) is 4.79 Å². The number of H-pyrrole nitrogens is 1. The average Bonchev–Trinajstić information content (AvgIpc) is 3.38. The molecule has 10 nitrogen and oxygen atoms in total. The molecule has 3 aromatic rings. The molecule has 6 rings (SSSR count). The van der Waals surface area contributed by atoms with Gasteiger partial charge < -0.3 is 15.7 Å². The van der Waals surface area contributed by atoms with Gasteiger partial charge in [0.2, 0.25) is 11.9 Å². The van der Waals surface area contributed by atoms with Crippen molar-refractivity contribution in [2.45, 2.75) is 57.3 Å². The van der Waals surface area contributed by atoms with E-state index in [1.54, 1.807) is 23.2 Å². The van der Waals surface area contributed by atoms with Crippen LogP contribution in [0.3, 0.4) is 0 Å². The number of carbonyl (C=O) groups is 2. The van der Waals surface area contributed by atoms with Crippen LogP contribution in [-0.4, -0.2) is 56.3 Å². The van der Waals surface area contributed by atoms with Gasteiger partial charge in [0.25, 0.3) is 0 Å². The number of carbonyl (C=O) groups excluding carboxylic acids is 1. The first-order valence-electron chi connectivity index (χ1n) is 12.7. The highest BCUT2D eigenvalue weighted by molar-refractivity contribution is 6.03. The van der Waals surface area contributed by atoms with E-state index in [-0.39, 0.29) is 29.7 Å². The van der Waals surface area contributed by atoms with Crippen molar-refractivity contribution in [2.24, 2.45) is 4.99 Å². The minimum absolute atomic E-state index is 0.0463. The van der Waals surface area contributed by atoms with Crippen molar-refractivity contribution in [3.63, 3.8) is 0 Å². The monoisotopic (exact) mass is 499 g/mol. The van der Waals surface area contributed by atoms with Crippen molar-refractivity contribution < 1.29 is 14.7 Å². The molecule has 2 atom stereocenters. The Morgan fingerprint density at radius 1 is 1.11 bits per heavy atom. The maximum absolute atomic E-state index is 13.8. The summed E-state index contributed by atoms with van der Waals surface area (Å²) in [6, 6.07) is 12.2. The lowest BCUT2D eigenvalue weighted by atomic mass is 9.91. The van der Waals surface area contributed by atoms with Crippen LogP contribution in [0.2, 0.25) is 0 Å². The summed E-state index contributed by atoms with van der Waals surface area (Å²) in [5, 5.41) is 24.0. The zero-order valence-corrected chi connectivity index (χ0v) is 20.5. The Morgan fingerprint density at radius 2 is 1.89 bits per heavy atom. The molecule has 2 aromatic carbocycles. The number of hydrogen-bond acceptors (Lipinski definition) is 7. The summed E-state index contributed by atoms with van der Waals surface area (Å²) >= 11 is 0. The highest BCUT2D eigenvalue weighted by atomic mass is 16.4. The molecule has 4 N–H and O–H groups in total. The number of carboxylic acids is 1. The number of aromatic nitrogens is 2. The van der Waals surface area contributed by atoms with Gasteiger partial charge in [-0.3, -0.25) is 19.7 Å². The minimum Gasteiger partial charge on any atom is -0.478 e. The normalized spacial score (nSPS) is 22.7. The van der Waals surface area contributed by atoms with Crippen molar-refractivity contribution in [3.8, 4) is 0 Å². The molecule has 3 heterocycles. The predicted octanol–water partition coefficient (Wildman–Crippen LogP) is 3.87. The zero-order chi connectivity index (χ0) is 25.5. The van der Waals surface area contributed by atoms with Crippen LogP contribution in [0.15, 0.2) is 65.6 Å². The van der Waals surface area contributed by atoms with Crippen molar-refractivity contribution >= 4 is 40.1 Å². The number of aliphatic imine (C=N–C) groups is 1. The number of hydrogen-bond donors (Lipinski definition) is 4. The third-order valence-electron chi connectivity index (χ3n) is 7.51. The second-order valence-electron chi connectivity index (χ2n) is 9.80. The van der Waals surface area contributed by atoms with Gasteiger partial charge in [0, 0.05) is 29.0 Å². The van der Waals surface area contributed by atoms with E-state index in [1.165, 1.54) is 18.6 Å². The third-order valence-corrected chi connectivity index (χ3v) is 7.51. The quantitative estimate of drug-likeness (QED) is 0.429. The average molecular weight is 500 g/mol. The Morgan fingerprint density at radius 3 is 2.65 bits per heavy atom. The van der Waals surface area contributed by atoms with Crippen molar-refractivity contribution in [1.82, 2.24) is 20.4 Å². The number of benzene rings is 2. The number of carboxylic acid groups (broad SMARTS) is 1. The second-order valence-corrected chi connectivity index (χ2v) is 9.80. The van der Waals surface area contributed by atoms with E-state index in [0.29, 0.717) is 11.6 Å². The number of anilines is 2. The molecule has 1 aliphatic carbocycles. The van der Waals surface area contributed by atoms with Crippen LogP contribution >= 0.6 is 0 Å². The zero-order valence-electron chi connectivity index (χ0n) is 20.5. The van der Waals surface area contributed by atoms with Gasteiger partial charge in [-0.1, -0.05) is 19.3 Å². The van der Waals surface area contributed by atoms with Gasteiger partial charge in [0.15, 0.2) is 0 Å². The van der Waals surface area contributed by atoms with Crippen molar-refractivity contribution in [1.29, 1.82) is 0 Å². The molecular formula is C27H29N7O3. The molecule has 1 unspecified atom stereocenters. The number of fused-ring (bicyclic) bond motifs is 2. The molecule has 1 aromatic heterocycles. The van der Waals surface area contributed by atoms with E-state index < -0.39 is 5.97 Å². The largest absolute Gasteiger partial charge is 0.478 e. The smallest absolute Gasteiger partial charge is 0.335 e. The standard InChI is InChI=1S/C27H29N7O3/c1-16-25(35)34(21-10-7-17(8-11-21)26(36)37)23-15-28-27(30-19-9-12-22-18(13-19)14-29-32-22)31-24(23)33(16)20-5-3-2-4-6-20/h7-16,20,24H,2-6H2,1H3,(H,29,32)(H,36,37)(H2,28,30,31)/t16-,24?/m1/s1. The van der Waals surface area contributed by atoms with Crippen LogP contribution < -0.4 is 15.5 Å². The maximum Gasteiger partial charge on any atom is 0.335 e. The van der Waals surface area contributed by atoms with Crippen LogP contribution in [0.4, 0.5) is 11.4 Å². The number of nitrogens with one attached hydrogen (secondary N) is 3. The first-order valence-corrected chi connectivity index (χ1v) is 12.7. The minimum atomic E-state index is -1.00. The first-order chi connectivity index (χ1) is 18.0. The molecule has 1 saturated carbocycles. The fourth-order valence-electron chi connectivity index (χ4n) is 5.65. The summed E-state index contributed by atoms with van der Waals surface area (Å²) in [5.41, 5.74) is 3.37. The third kappa shape index (κ3) is 4.23. The summed E-state index contributed by atoms with van der Waals surface area (Å²) in [4.78, 5) is 34.1. The molecule has 3 aliphatic rings. The summed E-state index contributed by atoms with van der Waals surface area (Å²) < 4.78 is 0. The second kappa shape index (κ2) is 9.36. The number of piperazine rings is 1. The molecule has 1 amide bonds. The van der Waals surface area contributed by atoms with Gasteiger partial charge >= 0.3 is 5.97 Å². The molecular weight excluding hydrogens is 470 g/mol. The lowest BCUT2D eigenvalue weighted by Gasteiger charge is -2.49. The van der Waals surface area contributed by atoms with Crippen molar-refractivity contribution in [3.05, 3.63) is 66.1 Å². The first kappa shape index (κ1) is 23.2. The van der Waals surface area contributed by atoms with Gasteiger partial charge in [-0.2, -0.15) is 5.10 Å². The van der Waals surface area contributed by atoms with Gasteiger partial charge in [-0.25, -0.2) is 9.79 Å². The molecule has 1 saturated heterocycles. The highest BCUT2D eigenvalue weighted by Gasteiger charge is 2.46. The van der Waals surface area contributed by atoms with Crippen LogP contribution in [0.5, 0.6) is 0 Å². The summed E-state index contributed by atoms with van der Waals surface area (Å²) in [5.74, 6) is -0.450. The highest BCUT2D eigenvalue weighted by Crippen LogP contribution is 2.37. The SMILES string of the molecule is C[C@@H]1C(=O)N(c2ccc(C(=O)O)cc2)C2=CNC(Nc3ccc4[nH]ncc4c3)=NC2N1C1CCCCC1. The molecule has 10 heteroatoms. The molecule has 2 fully saturated rings. The number of amides is 1. The molecule has 2 aliphatic heterocycles. The van der Waals surface area contributed by atoms with Crippen molar-refractivity contribution in [2.75, 3.05) is 10.2 Å². The molecule has 190 valence electrons. The van der Waals surface area contributed by atoms with Crippen LogP contribution in [0, 0.1) is 0 Å². The summed E-state index contributed by atoms with van der Waals surface area (Å²) in [6.07, 6.45) is 8.84. The Hall–Kier alpha value is -4.18. The molecule has 0 spiro atoms. The van der Waals surface area contributed by atoms with E-state index in [9.17, 15) is 14.7 Å². The lowest BCUT2D eigenvalue weighted by Crippen LogP contribution is -2.64. The Labute approximate surface area is 214 Å². The van der Waals surface area contributed by atoms with E-state index in [2.05, 4.69) is 25.7 Å². The molecule has 37 heavy (non-hydrogen) atoms. The Bertz CT molecular complexity index is 1400. The Balaban J connectivity index is 1.35. The van der Waals surface area contributed by atoms with Gasteiger partial charge in [-0.15, -0.1) is 0 Å². The van der Waals surface area contributed by atoms with E-state index in [1.807, 2.05) is 31.3 Å². The van der Waals surface area contributed by atoms with E-state index in [4.69, 9.17) is 4.99 Å². The van der Waals surface area contributed by atoms with Crippen LogP contribution in [0.25, 0.3) is 10.9 Å². The number of aromatic amines is 1. The number of nitrogens with zero attached hydrogens (tertiary/aromatic N) is 4. The Kier molecular flexibility index (Phi) is 5.88. The summed E-state index contributed by atoms with van der Waals surface area (Å²) in [7, 11) is 0. The maximum atomic E-state index is 13.8. The van der Waals surface area contributed by atoms with Gasteiger partial charge in [-0.05, 0) is 62.2 Å². The molecule has 0 bridgehead atoms. The van der Waals surface area contributed by atoms with Gasteiger partial charge in [0.05, 0.1) is 29.0 Å². The fraction of sp³-hybridized carbons (Fsp3) is 0.333. The van der Waals surface area contributed by atoms with E-state index >= 15 is 0 Å². The predicted molar refractivity (Wildman–Crippen MR) is 141 cm³/mol. The van der Waals surface area contributed by atoms with Crippen LogP contribution in [0.1, 0.15) is 49.4 Å². The number of guanidine groups is 1. The van der Waals surface area contributed by atoms with Gasteiger partial charge in [0.1, 0.15) is 6.17 Å². The number of rotatable bonds is 4. The number of aromatic carboxylic acids is 1.